The standard InChI is InChI=1S/C15H22O/c1-3-15(16,4-2)13-9-8-12-14-10-6-5-7-11-14/h5-7,9-11,13,16H,3-4,8,12H2,1-2H3/b13-9+. The van der Waals surface area contributed by atoms with Crippen LogP contribution in [-0.4, -0.2) is 10.7 Å². The SMILES string of the molecule is CCC(O)(/C=C/CCc1ccccc1)CC. The van der Waals surface area contributed by atoms with Crippen LogP contribution in [0.15, 0.2) is 42.5 Å². The molecule has 0 saturated heterocycles. The third kappa shape index (κ3) is 4.19. The van der Waals surface area contributed by atoms with Crippen LogP contribution in [0.5, 0.6) is 0 Å². The van der Waals surface area contributed by atoms with Crippen LogP contribution in [0, 0.1) is 0 Å². The molecule has 0 aromatic heterocycles. The lowest BCUT2D eigenvalue weighted by atomic mass is 9.96. The van der Waals surface area contributed by atoms with Gasteiger partial charge in [0.15, 0.2) is 0 Å². The molecule has 0 bridgehead atoms. The van der Waals surface area contributed by atoms with Gasteiger partial charge in [0.05, 0.1) is 5.60 Å². The van der Waals surface area contributed by atoms with E-state index >= 15 is 0 Å². The first-order chi connectivity index (χ1) is 7.70. The summed E-state index contributed by atoms with van der Waals surface area (Å²) in [6.07, 6.45) is 7.65. The smallest absolute Gasteiger partial charge is 0.0822 e. The molecule has 1 nitrogen and oxygen atoms in total. The van der Waals surface area contributed by atoms with E-state index in [4.69, 9.17) is 0 Å². The Labute approximate surface area is 98.8 Å². The molecule has 1 aromatic rings. The van der Waals surface area contributed by atoms with E-state index in [0.29, 0.717) is 0 Å². The first-order valence-electron chi connectivity index (χ1n) is 6.14. The van der Waals surface area contributed by atoms with E-state index in [1.165, 1.54) is 5.56 Å². The minimum Gasteiger partial charge on any atom is -0.386 e. The molecular formula is C15H22O. The molecule has 0 unspecified atom stereocenters. The van der Waals surface area contributed by atoms with Crippen molar-refractivity contribution in [3.8, 4) is 0 Å². The molecule has 0 atom stereocenters. The number of allylic oxidation sites excluding steroid dienone is 1. The lowest BCUT2D eigenvalue weighted by Gasteiger charge is -2.20. The molecule has 88 valence electrons. The molecule has 1 aromatic carbocycles. The van der Waals surface area contributed by atoms with Crippen LogP contribution in [0.2, 0.25) is 0 Å². The summed E-state index contributed by atoms with van der Waals surface area (Å²) < 4.78 is 0. The molecule has 1 heteroatoms. The van der Waals surface area contributed by atoms with E-state index in [0.717, 1.165) is 25.7 Å². The third-order valence-electron chi connectivity index (χ3n) is 3.10. The molecule has 1 rings (SSSR count). The van der Waals surface area contributed by atoms with E-state index in [1.54, 1.807) is 0 Å². The highest BCUT2D eigenvalue weighted by Gasteiger charge is 2.16. The van der Waals surface area contributed by atoms with Crippen molar-refractivity contribution in [2.45, 2.75) is 45.1 Å². The summed E-state index contributed by atoms with van der Waals surface area (Å²) in [5, 5.41) is 10.0. The van der Waals surface area contributed by atoms with Gasteiger partial charge in [-0.1, -0.05) is 56.3 Å². The molecule has 0 fully saturated rings. The Bertz CT molecular complexity index is 309. The zero-order chi connectivity index (χ0) is 11.9. The van der Waals surface area contributed by atoms with Crippen molar-refractivity contribution in [2.24, 2.45) is 0 Å². The van der Waals surface area contributed by atoms with Gasteiger partial charge in [-0.2, -0.15) is 0 Å². The van der Waals surface area contributed by atoms with Gasteiger partial charge in [0.2, 0.25) is 0 Å². The van der Waals surface area contributed by atoms with Crippen molar-refractivity contribution in [1.82, 2.24) is 0 Å². The summed E-state index contributed by atoms with van der Waals surface area (Å²) in [7, 11) is 0. The Balaban J connectivity index is 2.38. The predicted octanol–water partition coefficient (Wildman–Crippen LogP) is 3.73. The maximum Gasteiger partial charge on any atom is 0.0822 e. The molecule has 0 aliphatic rings. The first kappa shape index (κ1) is 13.0. The minimum atomic E-state index is -0.601. The number of rotatable bonds is 6. The van der Waals surface area contributed by atoms with Crippen LogP contribution in [0.4, 0.5) is 0 Å². The van der Waals surface area contributed by atoms with Gasteiger partial charge in [-0.15, -0.1) is 0 Å². The average Bonchev–Trinajstić information content (AvgIpc) is 2.36. The molecule has 0 amide bonds. The Morgan fingerprint density at radius 2 is 1.75 bits per heavy atom. The number of benzene rings is 1. The fraction of sp³-hybridized carbons (Fsp3) is 0.467. The lowest BCUT2D eigenvalue weighted by Crippen LogP contribution is -2.22. The molecule has 0 radical (unpaired) electrons. The molecule has 0 aliphatic carbocycles. The van der Waals surface area contributed by atoms with Crippen molar-refractivity contribution < 1.29 is 5.11 Å². The van der Waals surface area contributed by atoms with Crippen LogP contribution >= 0.6 is 0 Å². The summed E-state index contributed by atoms with van der Waals surface area (Å²) in [4.78, 5) is 0. The zero-order valence-electron chi connectivity index (χ0n) is 10.3. The molecular weight excluding hydrogens is 196 g/mol. The van der Waals surface area contributed by atoms with Gasteiger partial charge in [0.25, 0.3) is 0 Å². The molecule has 1 N–H and O–H groups in total. The second-order valence-electron chi connectivity index (χ2n) is 4.24. The van der Waals surface area contributed by atoms with E-state index in [1.807, 2.05) is 26.0 Å². The minimum absolute atomic E-state index is 0.601. The van der Waals surface area contributed by atoms with Crippen LogP contribution in [0.3, 0.4) is 0 Å². The highest BCUT2D eigenvalue weighted by molar-refractivity contribution is 5.15. The lowest BCUT2D eigenvalue weighted by molar-refractivity contribution is 0.0825. The van der Waals surface area contributed by atoms with E-state index < -0.39 is 5.60 Å². The number of hydrogen-bond acceptors (Lipinski definition) is 1. The predicted molar refractivity (Wildman–Crippen MR) is 69.4 cm³/mol. The maximum atomic E-state index is 10.0. The largest absolute Gasteiger partial charge is 0.386 e. The summed E-state index contributed by atoms with van der Waals surface area (Å²) in [5.74, 6) is 0. The van der Waals surface area contributed by atoms with E-state index in [9.17, 15) is 5.11 Å². The van der Waals surface area contributed by atoms with Gasteiger partial charge < -0.3 is 5.11 Å². The average molecular weight is 218 g/mol. The van der Waals surface area contributed by atoms with Crippen molar-refractivity contribution in [3.63, 3.8) is 0 Å². The molecule has 0 aliphatic heterocycles. The van der Waals surface area contributed by atoms with Gasteiger partial charge in [-0.05, 0) is 31.2 Å². The van der Waals surface area contributed by atoms with Crippen LogP contribution in [-0.2, 0) is 6.42 Å². The Morgan fingerprint density at radius 3 is 2.31 bits per heavy atom. The Hall–Kier alpha value is -1.08. The molecule has 0 heterocycles. The maximum absolute atomic E-state index is 10.0. The van der Waals surface area contributed by atoms with Crippen molar-refractivity contribution in [1.29, 1.82) is 0 Å². The van der Waals surface area contributed by atoms with Gasteiger partial charge in [0, 0.05) is 0 Å². The Morgan fingerprint density at radius 1 is 1.12 bits per heavy atom. The van der Waals surface area contributed by atoms with Crippen LogP contribution in [0.1, 0.15) is 38.7 Å². The highest BCUT2D eigenvalue weighted by atomic mass is 16.3. The van der Waals surface area contributed by atoms with Crippen molar-refractivity contribution in [3.05, 3.63) is 48.0 Å². The number of aryl methyl sites for hydroxylation is 1. The summed E-state index contributed by atoms with van der Waals surface area (Å²) in [6.45, 7) is 4.04. The fourth-order valence-electron chi connectivity index (χ4n) is 1.68. The third-order valence-corrected chi connectivity index (χ3v) is 3.10. The molecule has 16 heavy (non-hydrogen) atoms. The number of aliphatic hydroxyl groups is 1. The molecule has 0 spiro atoms. The quantitative estimate of drug-likeness (QED) is 0.721. The van der Waals surface area contributed by atoms with E-state index in [2.05, 4.69) is 30.3 Å². The highest BCUT2D eigenvalue weighted by Crippen LogP contribution is 2.16. The number of hydrogen-bond donors (Lipinski definition) is 1. The van der Waals surface area contributed by atoms with Crippen molar-refractivity contribution >= 4 is 0 Å². The second kappa shape index (κ2) is 6.49. The summed E-state index contributed by atoms with van der Waals surface area (Å²) in [5.41, 5.74) is 0.750. The molecule has 0 saturated carbocycles. The van der Waals surface area contributed by atoms with Crippen LogP contribution in [0.25, 0.3) is 0 Å². The van der Waals surface area contributed by atoms with E-state index in [-0.39, 0.29) is 0 Å². The van der Waals surface area contributed by atoms with Gasteiger partial charge >= 0.3 is 0 Å². The monoisotopic (exact) mass is 218 g/mol. The fourth-order valence-corrected chi connectivity index (χ4v) is 1.68. The second-order valence-corrected chi connectivity index (χ2v) is 4.24. The van der Waals surface area contributed by atoms with Crippen molar-refractivity contribution in [2.75, 3.05) is 0 Å². The Kier molecular flexibility index (Phi) is 5.27. The van der Waals surface area contributed by atoms with Gasteiger partial charge in [-0.25, -0.2) is 0 Å². The zero-order valence-corrected chi connectivity index (χ0v) is 10.3. The van der Waals surface area contributed by atoms with Gasteiger partial charge in [-0.3, -0.25) is 0 Å². The first-order valence-corrected chi connectivity index (χ1v) is 6.14. The summed E-state index contributed by atoms with van der Waals surface area (Å²) >= 11 is 0. The van der Waals surface area contributed by atoms with Gasteiger partial charge in [0.1, 0.15) is 0 Å². The van der Waals surface area contributed by atoms with Crippen LogP contribution < -0.4 is 0 Å². The summed E-state index contributed by atoms with van der Waals surface area (Å²) in [6, 6.07) is 10.4. The topological polar surface area (TPSA) is 20.2 Å². The normalized spacial score (nSPS) is 12.2.